The summed E-state index contributed by atoms with van der Waals surface area (Å²) in [5, 5.41) is 15.6. The molecule has 2 N–H and O–H groups in total. The molecule has 2 aromatic carbocycles. The van der Waals surface area contributed by atoms with E-state index in [0.717, 1.165) is 0 Å². The molecule has 132 valence electrons. The van der Waals surface area contributed by atoms with Gasteiger partial charge in [-0.3, -0.25) is 9.59 Å². The summed E-state index contributed by atoms with van der Waals surface area (Å²) >= 11 is 0. The minimum absolute atomic E-state index is 0.0113. The molecule has 0 unspecified atom stereocenters. The molecule has 2 rings (SSSR count). The van der Waals surface area contributed by atoms with Crippen molar-refractivity contribution in [1.82, 2.24) is 5.43 Å². The Balaban J connectivity index is 1.91. The van der Waals surface area contributed by atoms with Crippen molar-refractivity contribution in [2.75, 3.05) is 12.4 Å². The molecule has 7 heteroatoms. The van der Waals surface area contributed by atoms with Gasteiger partial charge in [-0.05, 0) is 43.3 Å². The van der Waals surface area contributed by atoms with Crippen molar-refractivity contribution in [3.8, 4) is 11.8 Å². The molecule has 0 aliphatic heterocycles. The maximum Gasteiger partial charge on any atom is 0.271 e. The van der Waals surface area contributed by atoms with Crippen LogP contribution in [0.3, 0.4) is 0 Å². The second-order valence-corrected chi connectivity index (χ2v) is 5.40. The second kappa shape index (κ2) is 8.99. The lowest BCUT2D eigenvalue weighted by atomic mass is 10.2. The molecule has 0 bridgehead atoms. The number of amides is 2. The zero-order valence-corrected chi connectivity index (χ0v) is 14.4. The van der Waals surface area contributed by atoms with Crippen LogP contribution in [0.15, 0.2) is 53.6 Å². The van der Waals surface area contributed by atoms with Crippen LogP contribution in [0.25, 0.3) is 0 Å². The summed E-state index contributed by atoms with van der Waals surface area (Å²) in [7, 11) is 1.54. The minimum Gasteiger partial charge on any atom is -0.497 e. The molecule has 0 spiro atoms. The number of nitrogens with zero attached hydrogens (tertiary/aromatic N) is 2. The average molecular weight is 350 g/mol. The number of rotatable bonds is 6. The molecule has 0 saturated carbocycles. The lowest BCUT2D eigenvalue weighted by Crippen LogP contribution is -2.21. The fourth-order valence-corrected chi connectivity index (χ4v) is 2.11. The van der Waals surface area contributed by atoms with Gasteiger partial charge in [-0.15, -0.1) is 0 Å². The number of nitriles is 1. The van der Waals surface area contributed by atoms with Gasteiger partial charge in [-0.1, -0.05) is 12.1 Å². The summed E-state index contributed by atoms with van der Waals surface area (Å²) in [6.45, 7) is 1.63. The predicted molar refractivity (Wildman–Crippen MR) is 98.0 cm³/mol. The third-order valence-electron chi connectivity index (χ3n) is 3.44. The smallest absolute Gasteiger partial charge is 0.271 e. The quantitative estimate of drug-likeness (QED) is 0.617. The summed E-state index contributed by atoms with van der Waals surface area (Å²) in [5.74, 6) is -0.0644. The Morgan fingerprint density at radius 2 is 1.85 bits per heavy atom. The molecule has 0 saturated heterocycles. The van der Waals surface area contributed by atoms with Crippen molar-refractivity contribution < 1.29 is 14.3 Å². The molecule has 0 aromatic heterocycles. The molecule has 0 aliphatic carbocycles. The molecule has 0 fully saturated rings. The molecule has 0 heterocycles. The number of hydrogen-bond donors (Lipinski definition) is 2. The van der Waals surface area contributed by atoms with Crippen molar-refractivity contribution in [2.45, 2.75) is 13.3 Å². The van der Waals surface area contributed by atoms with Gasteiger partial charge in [0.2, 0.25) is 5.91 Å². The van der Waals surface area contributed by atoms with E-state index < -0.39 is 0 Å². The number of nitrogens with one attached hydrogen (secondary N) is 2. The molecular formula is C19H18N4O3. The lowest BCUT2D eigenvalue weighted by molar-refractivity contribution is -0.115. The standard InChI is InChI=1S/C19H18N4O3/c1-13(11-18(24)21-17-6-4-3-5-15(17)12-20)22-23-19(25)14-7-9-16(26-2)10-8-14/h3-10H,11H2,1-2H3,(H,21,24)(H,23,25)/b22-13+. The largest absolute Gasteiger partial charge is 0.497 e. The predicted octanol–water partition coefficient (Wildman–Crippen LogP) is 2.70. The topological polar surface area (TPSA) is 104 Å². The SMILES string of the molecule is COc1ccc(C(=O)N/N=C(\C)CC(=O)Nc2ccccc2C#N)cc1. The lowest BCUT2D eigenvalue weighted by Gasteiger charge is -2.07. The van der Waals surface area contributed by atoms with E-state index in [2.05, 4.69) is 15.8 Å². The first kappa shape index (κ1) is 18.7. The maximum absolute atomic E-state index is 12.0. The Hall–Kier alpha value is -3.66. The number of ether oxygens (including phenoxy) is 1. The van der Waals surface area contributed by atoms with E-state index in [4.69, 9.17) is 10.00 Å². The molecule has 7 nitrogen and oxygen atoms in total. The molecule has 0 radical (unpaired) electrons. The summed E-state index contributed by atoms with van der Waals surface area (Å²) in [6, 6.07) is 15.3. The second-order valence-electron chi connectivity index (χ2n) is 5.40. The van der Waals surface area contributed by atoms with Crippen molar-refractivity contribution in [3.05, 3.63) is 59.7 Å². The first-order valence-electron chi connectivity index (χ1n) is 7.80. The van der Waals surface area contributed by atoms with Crippen LogP contribution in [0.1, 0.15) is 29.3 Å². The van der Waals surface area contributed by atoms with Gasteiger partial charge < -0.3 is 10.1 Å². The zero-order chi connectivity index (χ0) is 18.9. The van der Waals surface area contributed by atoms with Gasteiger partial charge in [-0.25, -0.2) is 5.43 Å². The van der Waals surface area contributed by atoms with E-state index >= 15 is 0 Å². The molecule has 2 aromatic rings. The van der Waals surface area contributed by atoms with Crippen molar-refractivity contribution in [2.24, 2.45) is 5.10 Å². The number of para-hydroxylation sites is 1. The Morgan fingerprint density at radius 1 is 1.15 bits per heavy atom. The molecule has 0 aliphatic rings. The van der Waals surface area contributed by atoms with Gasteiger partial charge in [0.25, 0.3) is 5.91 Å². The number of hydrazone groups is 1. The Bertz CT molecular complexity index is 867. The Morgan fingerprint density at radius 3 is 2.50 bits per heavy atom. The van der Waals surface area contributed by atoms with E-state index in [1.807, 2.05) is 6.07 Å². The van der Waals surface area contributed by atoms with Crippen molar-refractivity contribution >= 4 is 23.2 Å². The van der Waals surface area contributed by atoms with Gasteiger partial charge in [0.15, 0.2) is 0 Å². The highest BCUT2D eigenvalue weighted by atomic mass is 16.5. The van der Waals surface area contributed by atoms with E-state index in [1.54, 1.807) is 62.6 Å². The summed E-state index contributed by atoms with van der Waals surface area (Å²) in [6.07, 6.45) is -0.0113. The monoisotopic (exact) mass is 350 g/mol. The van der Waals surface area contributed by atoms with Crippen LogP contribution in [-0.4, -0.2) is 24.6 Å². The fraction of sp³-hybridized carbons (Fsp3) is 0.158. The molecule has 26 heavy (non-hydrogen) atoms. The summed E-state index contributed by atoms with van der Waals surface area (Å²) in [4.78, 5) is 24.1. The number of benzene rings is 2. The number of methoxy groups -OCH3 is 1. The average Bonchev–Trinajstić information content (AvgIpc) is 2.66. The Labute approximate surface area is 151 Å². The molecular weight excluding hydrogens is 332 g/mol. The van der Waals surface area contributed by atoms with Crippen LogP contribution >= 0.6 is 0 Å². The Kier molecular flexibility index (Phi) is 6.46. The molecule has 0 atom stereocenters. The highest BCUT2D eigenvalue weighted by Crippen LogP contribution is 2.14. The first-order chi connectivity index (χ1) is 12.5. The zero-order valence-electron chi connectivity index (χ0n) is 14.4. The van der Waals surface area contributed by atoms with E-state index in [-0.39, 0.29) is 18.2 Å². The van der Waals surface area contributed by atoms with Gasteiger partial charge in [0, 0.05) is 11.3 Å². The third-order valence-corrected chi connectivity index (χ3v) is 3.44. The van der Waals surface area contributed by atoms with Crippen LogP contribution in [0.2, 0.25) is 0 Å². The van der Waals surface area contributed by atoms with Gasteiger partial charge in [-0.2, -0.15) is 10.4 Å². The highest BCUT2D eigenvalue weighted by Gasteiger charge is 2.09. The first-order valence-corrected chi connectivity index (χ1v) is 7.80. The van der Waals surface area contributed by atoms with Gasteiger partial charge >= 0.3 is 0 Å². The highest BCUT2D eigenvalue weighted by molar-refractivity contribution is 6.06. The van der Waals surface area contributed by atoms with Gasteiger partial charge in [0.1, 0.15) is 11.8 Å². The molecule has 2 amide bonds. The van der Waals surface area contributed by atoms with E-state index in [0.29, 0.717) is 28.3 Å². The van der Waals surface area contributed by atoms with Crippen LogP contribution in [0, 0.1) is 11.3 Å². The minimum atomic E-state index is -0.387. The van der Waals surface area contributed by atoms with E-state index in [1.165, 1.54) is 0 Å². The normalized spacial score (nSPS) is 10.6. The van der Waals surface area contributed by atoms with Gasteiger partial charge in [0.05, 0.1) is 24.8 Å². The number of carbonyl (C=O) groups excluding carboxylic acids is 2. The van der Waals surface area contributed by atoms with Crippen LogP contribution in [-0.2, 0) is 4.79 Å². The van der Waals surface area contributed by atoms with Crippen LogP contribution < -0.4 is 15.5 Å². The van der Waals surface area contributed by atoms with Crippen molar-refractivity contribution in [1.29, 1.82) is 5.26 Å². The van der Waals surface area contributed by atoms with Crippen LogP contribution in [0.4, 0.5) is 5.69 Å². The maximum atomic E-state index is 12.0. The van der Waals surface area contributed by atoms with E-state index in [9.17, 15) is 9.59 Å². The summed E-state index contributed by atoms with van der Waals surface area (Å²) < 4.78 is 5.03. The van der Waals surface area contributed by atoms with Crippen LogP contribution in [0.5, 0.6) is 5.75 Å². The number of carbonyl (C=O) groups is 2. The fourth-order valence-electron chi connectivity index (χ4n) is 2.11. The van der Waals surface area contributed by atoms with Crippen molar-refractivity contribution in [3.63, 3.8) is 0 Å². The number of hydrogen-bond acceptors (Lipinski definition) is 5. The number of anilines is 1. The third kappa shape index (κ3) is 5.18. The summed E-state index contributed by atoms with van der Waals surface area (Å²) in [5.41, 5.74) is 4.08.